The molecule has 1 aliphatic heterocycles. The van der Waals surface area contributed by atoms with E-state index in [1.807, 2.05) is 18.2 Å². The molecule has 3 heterocycles. The predicted molar refractivity (Wildman–Crippen MR) is 120 cm³/mol. The first kappa shape index (κ1) is 21.6. The number of pyridine rings is 1. The lowest BCUT2D eigenvalue weighted by Crippen LogP contribution is -2.26. The van der Waals surface area contributed by atoms with Gasteiger partial charge in [-0.2, -0.15) is 0 Å². The van der Waals surface area contributed by atoms with Crippen LogP contribution in [0.1, 0.15) is 18.7 Å². The second-order valence-corrected chi connectivity index (χ2v) is 8.56. The van der Waals surface area contributed by atoms with Crippen molar-refractivity contribution in [3.05, 3.63) is 58.5 Å². The maximum Gasteiger partial charge on any atom is 0.234 e. The highest BCUT2D eigenvalue weighted by atomic mass is 35.5. The summed E-state index contributed by atoms with van der Waals surface area (Å²) in [4.78, 5) is 30.6. The van der Waals surface area contributed by atoms with E-state index in [9.17, 15) is 9.59 Å². The first-order valence-corrected chi connectivity index (χ1v) is 11.3. The minimum absolute atomic E-state index is 0.103. The molecule has 160 valence electrons. The number of thioether (sulfide) groups is 1. The molecule has 8 nitrogen and oxygen atoms in total. The number of anilines is 1. The van der Waals surface area contributed by atoms with Crippen LogP contribution >= 0.6 is 35.0 Å². The second kappa shape index (κ2) is 9.67. The monoisotopic (exact) mass is 476 g/mol. The molecule has 0 unspecified atom stereocenters. The largest absolute Gasteiger partial charge is 0.335 e. The van der Waals surface area contributed by atoms with Gasteiger partial charge in [-0.05, 0) is 36.8 Å². The number of aromatic nitrogens is 4. The molecule has 4 rings (SSSR count). The molecular formula is C20H18Cl2N6O2S. The van der Waals surface area contributed by atoms with Crippen LogP contribution in [0.15, 0.2) is 47.8 Å². The van der Waals surface area contributed by atoms with Gasteiger partial charge < -0.3 is 10.2 Å². The Kier molecular flexibility index (Phi) is 6.74. The SMILES string of the molecule is O=C(CSc1nnc(CN2CCCC2=O)n1-c1ccccn1)Nc1ccc(Cl)c(Cl)c1. The van der Waals surface area contributed by atoms with Crippen molar-refractivity contribution >= 4 is 52.5 Å². The summed E-state index contributed by atoms with van der Waals surface area (Å²) in [5, 5.41) is 12.6. The molecule has 1 fully saturated rings. The van der Waals surface area contributed by atoms with E-state index in [0.717, 1.165) is 6.42 Å². The fraction of sp³-hybridized carbons (Fsp3) is 0.250. The zero-order chi connectivity index (χ0) is 21.8. The molecule has 0 atom stereocenters. The highest BCUT2D eigenvalue weighted by molar-refractivity contribution is 7.99. The number of halogens is 2. The summed E-state index contributed by atoms with van der Waals surface area (Å²) < 4.78 is 1.78. The average Bonchev–Trinajstić information content (AvgIpc) is 3.36. The van der Waals surface area contributed by atoms with Gasteiger partial charge in [0.05, 0.1) is 22.3 Å². The minimum atomic E-state index is -0.227. The first-order valence-electron chi connectivity index (χ1n) is 9.52. The van der Waals surface area contributed by atoms with E-state index in [-0.39, 0.29) is 17.6 Å². The Hall–Kier alpha value is -2.62. The van der Waals surface area contributed by atoms with Crippen LogP contribution in [0.5, 0.6) is 0 Å². The van der Waals surface area contributed by atoms with Gasteiger partial charge in [0.2, 0.25) is 11.8 Å². The molecule has 2 amide bonds. The van der Waals surface area contributed by atoms with Gasteiger partial charge in [-0.15, -0.1) is 10.2 Å². The number of nitrogens with one attached hydrogen (secondary N) is 1. The van der Waals surface area contributed by atoms with E-state index < -0.39 is 0 Å². The predicted octanol–water partition coefficient (Wildman–Crippen LogP) is 3.82. The standard InChI is InChI=1S/C20H18Cl2N6O2S/c21-14-7-6-13(10-15(14)22)24-18(29)12-31-20-26-25-17(11-27-9-3-5-19(27)30)28(20)16-4-1-2-8-23-16/h1-2,4,6-8,10H,3,5,9,11-12H2,(H,24,29). The number of amides is 2. The highest BCUT2D eigenvalue weighted by Gasteiger charge is 2.24. The quantitative estimate of drug-likeness (QED) is 0.520. The highest BCUT2D eigenvalue weighted by Crippen LogP contribution is 2.26. The number of benzene rings is 1. The zero-order valence-electron chi connectivity index (χ0n) is 16.3. The maximum atomic E-state index is 12.4. The summed E-state index contributed by atoms with van der Waals surface area (Å²) in [7, 11) is 0. The summed E-state index contributed by atoms with van der Waals surface area (Å²) in [5.74, 6) is 1.21. The normalized spacial score (nSPS) is 13.6. The topological polar surface area (TPSA) is 93.0 Å². The molecule has 1 N–H and O–H groups in total. The molecule has 11 heteroatoms. The number of hydrogen-bond donors (Lipinski definition) is 1. The summed E-state index contributed by atoms with van der Waals surface area (Å²) in [6.07, 6.45) is 3.06. The van der Waals surface area contributed by atoms with Crippen LogP contribution in [0.3, 0.4) is 0 Å². The van der Waals surface area contributed by atoms with Gasteiger partial charge in [0, 0.05) is 24.8 Å². The second-order valence-electron chi connectivity index (χ2n) is 6.81. The third-order valence-electron chi connectivity index (χ3n) is 4.62. The first-order chi connectivity index (χ1) is 15.0. The van der Waals surface area contributed by atoms with Crippen LogP contribution in [-0.4, -0.2) is 48.8 Å². The molecule has 2 aromatic heterocycles. The summed E-state index contributed by atoms with van der Waals surface area (Å²) >= 11 is 13.1. The van der Waals surface area contributed by atoms with E-state index in [2.05, 4.69) is 20.5 Å². The van der Waals surface area contributed by atoms with Crippen LogP contribution in [-0.2, 0) is 16.1 Å². The van der Waals surface area contributed by atoms with E-state index in [0.29, 0.717) is 52.0 Å². The molecular weight excluding hydrogens is 459 g/mol. The molecule has 31 heavy (non-hydrogen) atoms. The average molecular weight is 477 g/mol. The summed E-state index contributed by atoms with van der Waals surface area (Å²) in [5.41, 5.74) is 0.555. The Morgan fingerprint density at radius 1 is 1.16 bits per heavy atom. The van der Waals surface area contributed by atoms with Gasteiger partial charge in [0.25, 0.3) is 0 Å². The third kappa shape index (κ3) is 5.17. The van der Waals surface area contributed by atoms with Crippen molar-refractivity contribution in [1.82, 2.24) is 24.6 Å². The lowest BCUT2D eigenvalue weighted by molar-refractivity contribution is -0.128. The molecule has 0 radical (unpaired) electrons. The zero-order valence-corrected chi connectivity index (χ0v) is 18.6. The van der Waals surface area contributed by atoms with Crippen LogP contribution in [0.25, 0.3) is 5.82 Å². The Morgan fingerprint density at radius 2 is 2.03 bits per heavy atom. The Labute approximate surface area is 193 Å². The number of likely N-dealkylation sites (tertiary alicyclic amines) is 1. The van der Waals surface area contributed by atoms with Crippen molar-refractivity contribution in [2.45, 2.75) is 24.5 Å². The fourth-order valence-electron chi connectivity index (χ4n) is 3.16. The molecule has 0 bridgehead atoms. The number of rotatable bonds is 7. The molecule has 0 aliphatic carbocycles. The Morgan fingerprint density at radius 3 is 2.74 bits per heavy atom. The van der Waals surface area contributed by atoms with Crippen LogP contribution < -0.4 is 5.32 Å². The number of nitrogens with zero attached hydrogens (tertiary/aromatic N) is 5. The Balaban J connectivity index is 1.50. The van der Waals surface area contributed by atoms with Gasteiger partial charge >= 0.3 is 0 Å². The molecule has 1 aliphatic rings. The van der Waals surface area contributed by atoms with Gasteiger partial charge in [-0.3, -0.25) is 14.2 Å². The number of hydrogen-bond acceptors (Lipinski definition) is 6. The van der Waals surface area contributed by atoms with E-state index in [1.54, 1.807) is 33.9 Å². The van der Waals surface area contributed by atoms with E-state index >= 15 is 0 Å². The lowest BCUT2D eigenvalue weighted by Gasteiger charge is -2.16. The maximum absolute atomic E-state index is 12.4. The molecule has 3 aromatic rings. The molecule has 0 spiro atoms. The summed E-state index contributed by atoms with van der Waals surface area (Å²) in [6, 6.07) is 10.4. The van der Waals surface area contributed by atoms with Crippen LogP contribution in [0, 0.1) is 0 Å². The van der Waals surface area contributed by atoms with Crippen molar-refractivity contribution in [1.29, 1.82) is 0 Å². The third-order valence-corrected chi connectivity index (χ3v) is 6.29. The van der Waals surface area contributed by atoms with Crippen LogP contribution in [0.2, 0.25) is 10.0 Å². The van der Waals surface area contributed by atoms with Gasteiger partial charge in [-0.25, -0.2) is 4.98 Å². The minimum Gasteiger partial charge on any atom is -0.335 e. The van der Waals surface area contributed by atoms with Crippen molar-refractivity contribution in [2.75, 3.05) is 17.6 Å². The van der Waals surface area contributed by atoms with Gasteiger partial charge in [-0.1, -0.05) is 41.0 Å². The molecule has 0 saturated carbocycles. The van der Waals surface area contributed by atoms with Crippen molar-refractivity contribution in [3.8, 4) is 5.82 Å². The smallest absolute Gasteiger partial charge is 0.234 e. The van der Waals surface area contributed by atoms with Crippen molar-refractivity contribution < 1.29 is 9.59 Å². The lowest BCUT2D eigenvalue weighted by atomic mass is 10.3. The summed E-state index contributed by atoms with van der Waals surface area (Å²) in [6.45, 7) is 1.04. The van der Waals surface area contributed by atoms with Gasteiger partial charge in [0.15, 0.2) is 11.0 Å². The number of carbonyl (C=O) groups is 2. The number of carbonyl (C=O) groups excluding carboxylic acids is 2. The van der Waals surface area contributed by atoms with Crippen molar-refractivity contribution in [2.24, 2.45) is 0 Å². The Bertz CT molecular complexity index is 1110. The molecule has 1 aromatic carbocycles. The van der Waals surface area contributed by atoms with Crippen molar-refractivity contribution in [3.63, 3.8) is 0 Å². The fourth-order valence-corrected chi connectivity index (χ4v) is 4.21. The van der Waals surface area contributed by atoms with E-state index in [4.69, 9.17) is 23.2 Å². The van der Waals surface area contributed by atoms with E-state index in [1.165, 1.54) is 11.8 Å². The molecule has 1 saturated heterocycles. The van der Waals surface area contributed by atoms with Gasteiger partial charge in [0.1, 0.15) is 5.82 Å². The van der Waals surface area contributed by atoms with Crippen LogP contribution in [0.4, 0.5) is 5.69 Å².